The van der Waals surface area contributed by atoms with Crippen molar-refractivity contribution >= 4 is 45.8 Å². The van der Waals surface area contributed by atoms with Gasteiger partial charge in [-0.05, 0) is 37.7 Å². The number of hydrogen-bond donors (Lipinski definition) is 1. The van der Waals surface area contributed by atoms with Crippen LogP contribution in [-0.4, -0.2) is 75.2 Å². The minimum atomic E-state index is -0.831. The number of piperidine rings is 1. The van der Waals surface area contributed by atoms with E-state index in [4.69, 9.17) is 26.3 Å². The quantitative estimate of drug-likeness (QED) is 0.552. The van der Waals surface area contributed by atoms with Crippen molar-refractivity contribution in [1.29, 1.82) is 0 Å². The van der Waals surface area contributed by atoms with Gasteiger partial charge in [0.05, 0.1) is 30.5 Å². The van der Waals surface area contributed by atoms with Gasteiger partial charge in [-0.2, -0.15) is 0 Å². The van der Waals surface area contributed by atoms with Gasteiger partial charge in [0, 0.05) is 65.5 Å². The fourth-order valence-corrected chi connectivity index (χ4v) is 8.15. The summed E-state index contributed by atoms with van der Waals surface area (Å²) in [5.74, 6) is 2.17. The van der Waals surface area contributed by atoms with E-state index in [0.717, 1.165) is 68.6 Å². The highest BCUT2D eigenvalue weighted by Crippen LogP contribution is 2.44. The van der Waals surface area contributed by atoms with E-state index in [1.165, 1.54) is 11.8 Å². The van der Waals surface area contributed by atoms with Gasteiger partial charge in [0.2, 0.25) is 0 Å². The lowest BCUT2D eigenvalue weighted by Crippen LogP contribution is -2.57. The van der Waals surface area contributed by atoms with E-state index in [9.17, 15) is 9.32 Å². The molecule has 36 heavy (non-hydrogen) atoms. The maximum absolute atomic E-state index is 11.7. The molecule has 0 bridgehead atoms. The van der Waals surface area contributed by atoms with Crippen molar-refractivity contribution in [3.63, 3.8) is 0 Å². The number of aliphatic hydroxyl groups excluding tert-OH is 1. The zero-order chi connectivity index (χ0) is 25.5. The highest BCUT2D eigenvalue weighted by molar-refractivity contribution is 7.99. The Morgan fingerprint density at radius 1 is 1.25 bits per heavy atom. The Kier molecular flexibility index (Phi) is 7.53. The molecule has 3 saturated heterocycles. The first kappa shape index (κ1) is 26.2. The van der Waals surface area contributed by atoms with Crippen molar-refractivity contribution in [3.8, 4) is 0 Å². The Bertz CT molecular complexity index is 1140. The molecule has 0 aromatic carbocycles. The topological polar surface area (TPSA) is 91.7 Å². The molecule has 3 aliphatic heterocycles. The third-order valence-corrected chi connectivity index (χ3v) is 10.1. The van der Waals surface area contributed by atoms with Gasteiger partial charge in [0.25, 0.3) is 0 Å². The van der Waals surface area contributed by atoms with Crippen molar-refractivity contribution in [2.75, 3.05) is 54.6 Å². The number of ether oxygens (including phenoxy) is 1. The van der Waals surface area contributed by atoms with Crippen molar-refractivity contribution in [3.05, 3.63) is 29.2 Å². The monoisotopic (exact) mass is 551 g/mol. The molecule has 2 aromatic rings. The molecule has 2 atom stereocenters. The summed E-state index contributed by atoms with van der Waals surface area (Å²) < 4.78 is 17.5. The van der Waals surface area contributed by atoms with Gasteiger partial charge in [0.15, 0.2) is 5.82 Å². The molecule has 11 heteroatoms. The zero-order valence-corrected chi connectivity index (χ0v) is 23.5. The number of hydrogen-bond acceptors (Lipinski definition) is 9. The van der Waals surface area contributed by atoms with Crippen molar-refractivity contribution < 1.29 is 14.1 Å². The fraction of sp³-hybridized carbons (Fsp3) is 0.640. The van der Waals surface area contributed by atoms with Gasteiger partial charge in [-0.25, -0.2) is 15.0 Å². The summed E-state index contributed by atoms with van der Waals surface area (Å²) in [4.78, 5) is 19.2. The van der Waals surface area contributed by atoms with Crippen molar-refractivity contribution in [1.82, 2.24) is 15.0 Å². The summed E-state index contributed by atoms with van der Waals surface area (Å²) >= 11 is 8.18. The molecular weight excluding hydrogens is 518 g/mol. The lowest BCUT2D eigenvalue weighted by Gasteiger charge is -2.48. The van der Waals surface area contributed by atoms with Crippen LogP contribution in [0.4, 0.5) is 11.6 Å². The van der Waals surface area contributed by atoms with E-state index in [1.54, 1.807) is 18.6 Å². The van der Waals surface area contributed by atoms with E-state index < -0.39 is 10.8 Å². The minimum Gasteiger partial charge on any atom is -0.390 e. The Hall–Kier alpha value is -1.46. The van der Waals surface area contributed by atoms with E-state index >= 15 is 0 Å². The first-order valence-electron chi connectivity index (χ1n) is 12.4. The zero-order valence-electron chi connectivity index (χ0n) is 21.1. The van der Waals surface area contributed by atoms with Crippen LogP contribution in [0.1, 0.15) is 38.8 Å². The summed E-state index contributed by atoms with van der Waals surface area (Å²) in [6, 6.07) is 1.87. The second-order valence-corrected chi connectivity index (χ2v) is 13.8. The van der Waals surface area contributed by atoms with Crippen molar-refractivity contribution in [2.24, 2.45) is 10.8 Å². The highest BCUT2D eigenvalue weighted by atomic mass is 35.5. The summed E-state index contributed by atoms with van der Waals surface area (Å²) in [5, 5.41) is 11.3. The molecule has 1 N–H and O–H groups in total. The summed E-state index contributed by atoms with van der Waals surface area (Å²) in [5.41, 5.74) is 0.890. The van der Waals surface area contributed by atoms with Crippen LogP contribution in [0.3, 0.4) is 0 Å². The van der Waals surface area contributed by atoms with E-state index in [0.29, 0.717) is 27.6 Å². The maximum Gasteiger partial charge on any atom is 0.152 e. The maximum atomic E-state index is 11.7. The highest BCUT2D eigenvalue weighted by Gasteiger charge is 2.42. The molecule has 2 aromatic heterocycles. The smallest absolute Gasteiger partial charge is 0.152 e. The second kappa shape index (κ2) is 10.4. The first-order valence-corrected chi connectivity index (χ1v) is 15.3. The minimum absolute atomic E-state index is 0.0161. The first-order chi connectivity index (χ1) is 17.2. The number of aliphatic hydroxyl groups is 1. The van der Waals surface area contributed by atoms with E-state index in [-0.39, 0.29) is 17.4 Å². The molecule has 8 nitrogen and oxygen atoms in total. The fourth-order valence-electron chi connectivity index (χ4n) is 5.84. The van der Waals surface area contributed by atoms with Gasteiger partial charge in [0.1, 0.15) is 16.5 Å². The molecule has 0 aliphatic carbocycles. The largest absolute Gasteiger partial charge is 0.390 e. The van der Waals surface area contributed by atoms with Gasteiger partial charge >= 0.3 is 0 Å². The molecule has 0 amide bonds. The van der Waals surface area contributed by atoms with E-state index in [2.05, 4.69) is 28.6 Å². The van der Waals surface area contributed by atoms with Gasteiger partial charge in [-0.15, -0.1) is 0 Å². The molecule has 1 unspecified atom stereocenters. The van der Waals surface area contributed by atoms with Crippen LogP contribution in [-0.2, 0) is 22.1 Å². The number of aromatic nitrogens is 3. The summed E-state index contributed by atoms with van der Waals surface area (Å²) in [6.07, 6.45) is 8.86. The van der Waals surface area contributed by atoms with Crippen LogP contribution in [0, 0.1) is 10.8 Å². The predicted molar refractivity (Wildman–Crippen MR) is 144 cm³/mol. The Balaban J connectivity index is 1.27. The van der Waals surface area contributed by atoms with Crippen molar-refractivity contribution in [2.45, 2.75) is 55.7 Å². The van der Waals surface area contributed by atoms with Crippen LogP contribution in [0.5, 0.6) is 0 Å². The van der Waals surface area contributed by atoms with E-state index in [1.807, 2.05) is 6.07 Å². The van der Waals surface area contributed by atoms with Gasteiger partial charge < -0.3 is 19.6 Å². The number of anilines is 2. The number of rotatable bonds is 7. The van der Waals surface area contributed by atoms with Crippen LogP contribution < -0.4 is 9.80 Å². The van der Waals surface area contributed by atoms with Crippen LogP contribution in [0.25, 0.3) is 0 Å². The molecule has 3 aliphatic rings. The normalized spacial score (nSPS) is 23.6. The standard InChI is InChI=1S/C25H34ClN5O3S2/c1-17-10-25(15-34-17)5-8-30(9-6-25)22-18(12-32)29-20(11-28-22)35-19-4-7-27-23(21(19)26)31-13-24(2,14-31)16-36(3)33/h4,7,11,17,32H,5-6,8-10,12-16H2,1-3H3/t17-,36?/m0/s1. The Labute approximate surface area is 224 Å². The molecule has 196 valence electrons. The van der Waals surface area contributed by atoms with Crippen LogP contribution in [0.2, 0.25) is 5.02 Å². The van der Waals surface area contributed by atoms with Gasteiger partial charge in [-0.3, -0.25) is 4.21 Å². The molecule has 5 heterocycles. The third-order valence-electron chi connectivity index (χ3n) is 7.51. The molecule has 5 rings (SSSR count). The summed E-state index contributed by atoms with van der Waals surface area (Å²) in [7, 11) is -0.831. The summed E-state index contributed by atoms with van der Waals surface area (Å²) in [6.45, 7) is 8.32. The lowest BCUT2D eigenvalue weighted by atomic mass is 9.77. The molecule has 0 saturated carbocycles. The number of pyridine rings is 1. The number of nitrogens with zero attached hydrogens (tertiary/aromatic N) is 5. The average molecular weight is 552 g/mol. The third kappa shape index (κ3) is 5.38. The Morgan fingerprint density at radius 2 is 2.00 bits per heavy atom. The molecule has 1 spiro atoms. The molecular formula is C25H34ClN5O3S2. The average Bonchev–Trinajstić information content (AvgIpc) is 3.18. The predicted octanol–water partition coefficient (Wildman–Crippen LogP) is 3.77. The number of halogens is 1. The van der Waals surface area contributed by atoms with Crippen LogP contribution >= 0.6 is 23.4 Å². The lowest BCUT2D eigenvalue weighted by molar-refractivity contribution is 0.0975. The Morgan fingerprint density at radius 3 is 2.64 bits per heavy atom. The second-order valence-electron chi connectivity index (χ2n) is 10.9. The molecule has 0 radical (unpaired) electrons. The van der Waals surface area contributed by atoms with Crippen LogP contribution in [0.15, 0.2) is 28.4 Å². The SMILES string of the molecule is C[C@H]1CC2(CCN(c3ncc(Sc4ccnc(N5CC(C)(CS(C)=O)C5)c4Cl)nc3CO)CC2)CO1. The molecule has 3 fully saturated rings. The van der Waals surface area contributed by atoms with Gasteiger partial charge in [-0.1, -0.05) is 30.3 Å².